The summed E-state index contributed by atoms with van der Waals surface area (Å²) in [6.45, 7) is 4.36. The molecule has 4 rings (SSSR count). The Morgan fingerprint density at radius 2 is 2.17 bits per heavy atom. The van der Waals surface area contributed by atoms with Crippen LogP contribution in [-0.2, 0) is 13.0 Å². The molecule has 1 aliphatic rings. The van der Waals surface area contributed by atoms with Gasteiger partial charge < -0.3 is 9.42 Å². The van der Waals surface area contributed by atoms with Crippen molar-refractivity contribution in [3.63, 3.8) is 0 Å². The van der Waals surface area contributed by atoms with Crippen LogP contribution in [0, 0.1) is 6.92 Å². The summed E-state index contributed by atoms with van der Waals surface area (Å²) in [7, 11) is 1.78. The Bertz CT molecular complexity index is 940. The molecule has 122 valence electrons. The van der Waals surface area contributed by atoms with E-state index in [1.807, 2.05) is 36.6 Å². The molecule has 3 heterocycles. The lowest BCUT2D eigenvalue weighted by Crippen LogP contribution is -2.25. The van der Waals surface area contributed by atoms with Crippen molar-refractivity contribution < 1.29 is 9.32 Å². The third kappa shape index (κ3) is 2.12. The Hall–Kier alpha value is -2.96. The Balaban J connectivity index is 1.92. The van der Waals surface area contributed by atoms with Crippen LogP contribution in [-0.4, -0.2) is 37.5 Å². The molecule has 0 N–H and O–H groups in total. The van der Waals surface area contributed by atoms with E-state index in [0.29, 0.717) is 35.9 Å². The summed E-state index contributed by atoms with van der Waals surface area (Å²) in [6, 6.07) is 5.84. The lowest BCUT2D eigenvalue weighted by molar-refractivity contribution is 0.0788. The number of amides is 1. The number of aromatic nitrogens is 4. The predicted octanol–water partition coefficient (Wildman–Crippen LogP) is 2.38. The third-order valence-electron chi connectivity index (χ3n) is 4.23. The van der Waals surface area contributed by atoms with Crippen LogP contribution in [0.15, 0.2) is 29.0 Å². The van der Waals surface area contributed by atoms with Crippen molar-refractivity contribution >= 4 is 5.91 Å². The summed E-state index contributed by atoms with van der Waals surface area (Å²) < 4.78 is 7.27. The molecular formula is C17H17N5O2. The molecule has 0 fully saturated rings. The highest BCUT2D eigenvalue weighted by Crippen LogP contribution is 2.30. The van der Waals surface area contributed by atoms with E-state index in [2.05, 4.69) is 15.1 Å². The quantitative estimate of drug-likeness (QED) is 0.723. The second kappa shape index (κ2) is 5.30. The molecule has 1 aliphatic heterocycles. The van der Waals surface area contributed by atoms with Gasteiger partial charge in [0.2, 0.25) is 0 Å². The highest BCUT2D eigenvalue weighted by molar-refractivity contribution is 5.98. The second-order valence-corrected chi connectivity index (χ2v) is 5.96. The molecule has 0 saturated carbocycles. The zero-order chi connectivity index (χ0) is 16.8. The number of rotatable bonds is 2. The van der Waals surface area contributed by atoms with Crippen molar-refractivity contribution in [1.29, 1.82) is 0 Å². The number of nitrogens with zero attached hydrogens (tertiary/aromatic N) is 5. The summed E-state index contributed by atoms with van der Waals surface area (Å²) in [5.74, 6) is 1.01. The third-order valence-corrected chi connectivity index (χ3v) is 4.23. The van der Waals surface area contributed by atoms with Gasteiger partial charge in [0.05, 0.1) is 23.5 Å². The summed E-state index contributed by atoms with van der Waals surface area (Å²) in [6.07, 6.45) is 2.40. The first-order chi connectivity index (χ1) is 11.6. The van der Waals surface area contributed by atoms with Crippen LogP contribution >= 0.6 is 0 Å². The Morgan fingerprint density at radius 1 is 1.33 bits per heavy atom. The first-order valence-electron chi connectivity index (χ1n) is 7.84. The molecule has 0 unspecified atom stereocenters. The van der Waals surface area contributed by atoms with E-state index >= 15 is 0 Å². The fourth-order valence-corrected chi connectivity index (χ4v) is 2.94. The van der Waals surface area contributed by atoms with Gasteiger partial charge in [-0.3, -0.25) is 9.36 Å². The molecule has 0 spiro atoms. The van der Waals surface area contributed by atoms with Crippen LogP contribution in [0.2, 0.25) is 0 Å². The van der Waals surface area contributed by atoms with Gasteiger partial charge in [0, 0.05) is 13.5 Å². The maximum atomic E-state index is 12.7. The molecule has 0 atom stereocenters. The molecule has 0 aliphatic carbocycles. The average Bonchev–Trinajstić information content (AvgIpc) is 3.18. The molecule has 7 heteroatoms. The zero-order valence-corrected chi connectivity index (χ0v) is 13.8. The monoisotopic (exact) mass is 323 g/mol. The first-order valence-corrected chi connectivity index (χ1v) is 7.84. The largest absolute Gasteiger partial charge is 0.336 e. The zero-order valence-electron chi connectivity index (χ0n) is 13.8. The van der Waals surface area contributed by atoms with Gasteiger partial charge in [0.25, 0.3) is 11.8 Å². The minimum absolute atomic E-state index is 0.0110. The van der Waals surface area contributed by atoms with Crippen LogP contribution in [0.25, 0.3) is 17.3 Å². The molecule has 24 heavy (non-hydrogen) atoms. The molecule has 1 amide bonds. The van der Waals surface area contributed by atoms with Crippen molar-refractivity contribution in [1.82, 2.24) is 24.6 Å². The van der Waals surface area contributed by atoms with E-state index in [9.17, 15) is 4.79 Å². The predicted molar refractivity (Wildman–Crippen MR) is 86.8 cm³/mol. The van der Waals surface area contributed by atoms with Crippen molar-refractivity contribution in [3.8, 4) is 17.3 Å². The molecular weight excluding hydrogens is 306 g/mol. The SMILES string of the molecule is CCc1noc(-c2ncn3c2CN(C)C(=O)c2cc(C)ccc2-3)n1. The highest BCUT2D eigenvalue weighted by Gasteiger charge is 2.28. The molecule has 0 bridgehead atoms. The smallest absolute Gasteiger partial charge is 0.278 e. The number of carbonyl (C=O) groups excluding carboxylic acids is 1. The highest BCUT2D eigenvalue weighted by atomic mass is 16.5. The number of carbonyl (C=O) groups is 1. The number of benzene rings is 1. The Labute approximate surface area is 138 Å². The minimum atomic E-state index is -0.0110. The first kappa shape index (κ1) is 14.6. The van der Waals surface area contributed by atoms with Crippen LogP contribution in [0.3, 0.4) is 0 Å². The van der Waals surface area contributed by atoms with E-state index in [1.165, 1.54) is 0 Å². The van der Waals surface area contributed by atoms with E-state index in [-0.39, 0.29) is 5.91 Å². The molecule has 3 aromatic rings. The van der Waals surface area contributed by atoms with Crippen LogP contribution in [0.4, 0.5) is 0 Å². The fourth-order valence-electron chi connectivity index (χ4n) is 2.94. The summed E-state index contributed by atoms with van der Waals surface area (Å²) in [4.78, 5) is 23.2. The van der Waals surface area contributed by atoms with E-state index in [0.717, 1.165) is 16.9 Å². The summed E-state index contributed by atoms with van der Waals surface area (Å²) >= 11 is 0. The number of imidazole rings is 1. The van der Waals surface area contributed by atoms with E-state index in [4.69, 9.17) is 4.52 Å². The van der Waals surface area contributed by atoms with Gasteiger partial charge in [-0.25, -0.2) is 4.98 Å². The lowest BCUT2D eigenvalue weighted by Gasteiger charge is -2.14. The number of hydrogen-bond donors (Lipinski definition) is 0. The fraction of sp³-hybridized carbons (Fsp3) is 0.294. The second-order valence-electron chi connectivity index (χ2n) is 5.96. The normalized spacial score (nSPS) is 13.6. The molecule has 0 saturated heterocycles. The average molecular weight is 323 g/mol. The summed E-state index contributed by atoms with van der Waals surface area (Å²) in [5.41, 5.74) is 4.01. The maximum Gasteiger partial charge on any atom is 0.278 e. The van der Waals surface area contributed by atoms with Crippen LogP contribution in [0.5, 0.6) is 0 Å². The van der Waals surface area contributed by atoms with Gasteiger partial charge >= 0.3 is 0 Å². The lowest BCUT2D eigenvalue weighted by atomic mass is 10.1. The van der Waals surface area contributed by atoms with E-state index in [1.54, 1.807) is 18.3 Å². The topological polar surface area (TPSA) is 77.0 Å². The number of fused-ring (bicyclic) bond motifs is 3. The standard InChI is InChI=1S/C17H17N5O2/c1-4-14-19-16(24-20-14)15-13-8-21(3)17(23)11-7-10(2)5-6-12(11)22(13)9-18-15/h5-7,9H,4,8H2,1-3H3. The number of hydrogen-bond acceptors (Lipinski definition) is 5. The Morgan fingerprint density at radius 3 is 2.92 bits per heavy atom. The van der Waals surface area contributed by atoms with Gasteiger partial charge in [-0.15, -0.1) is 0 Å². The summed E-state index contributed by atoms with van der Waals surface area (Å²) in [5, 5.41) is 3.94. The molecule has 1 aromatic carbocycles. The van der Waals surface area contributed by atoms with Gasteiger partial charge in [0.1, 0.15) is 6.33 Å². The van der Waals surface area contributed by atoms with Crippen molar-refractivity contribution in [2.75, 3.05) is 7.05 Å². The van der Waals surface area contributed by atoms with E-state index < -0.39 is 0 Å². The van der Waals surface area contributed by atoms with Crippen molar-refractivity contribution in [2.45, 2.75) is 26.8 Å². The van der Waals surface area contributed by atoms with Gasteiger partial charge in [-0.1, -0.05) is 23.7 Å². The number of aryl methyl sites for hydroxylation is 2. The van der Waals surface area contributed by atoms with Crippen LogP contribution < -0.4 is 0 Å². The minimum Gasteiger partial charge on any atom is -0.336 e. The molecule has 2 aromatic heterocycles. The van der Waals surface area contributed by atoms with Gasteiger partial charge in [-0.05, 0) is 19.1 Å². The van der Waals surface area contributed by atoms with Gasteiger partial charge in [0.15, 0.2) is 11.5 Å². The molecule has 7 nitrogen and oxygen atoms in total. The van der Waals surface area contributed by atoms with Crippen molar-refractivity contribution in [2.24, 2.45) is 0 Å². The Kier molecular flexibility index (Phi) is 3.23. The molecule has 0 radical (unpaired) electrons. The maximum absolute atomic E-state index is 12.7. The van der Waals surface area contributed by atoms with Crippen molar-refractivity contribution in [3.05, 3.63) is 47.2 Å². The van der Waals surface area contributed by atoms with Gasteiger partial charge in [-0.2, -0.15) is 4.98 Å². The van der Waals surface area contributed by atoms with Crippen LogP contribution in [0.1, 0.15) is 34.4 Å².